The Bertz CT molecular complexity index is 818. The predicted octanol–water partition coefficient (Wildman–Crippen LogP) is 2.97. The molecule has 1 fully saturated rings. The van der Waals surface area contributed by atoms with Crippen molar-refractivity contribution >= 4 is 22.8 Å². The van der Waals surface area contributed by atoms with Crippen LogP contribution in [0.5, 0.6) is 0 Å². The molecule has 1 N–H and O–H groups in total. The molecule has 6 nitrogen and oxygen atoms in total. The Morgan fingerprint density at radius 2 is 2.12 bits per heavy atom. The third-order valence-electron chi connectivity index (χ3n) is 4.47. The quantitative estimate of drug-likeness (QED) is 0.652. The van der Waals surface area contributed by atoms with Crippen molar-refractivity contribution in [1.82, 2.24) is 15.1 Å². The van der Waals surface area contributed by atoms with Crippen LogP contribution in [0.4, 0.5) is 13.2 Å². The molecule has 0 saturated carbocycles. The molecule has 2 atom stereocenters. The normalized spacial score (nSPS) is 21.0. The number of halogens is 3. The number of fused-ring (bicyclic) bond motifs is 1. The van der Waals surface area contributed by atoms with E-state index in [2.05, 4.69) is 14.9 Å². The third kappa shape index (κ3) is 3.97. The molecule has 1 aliphatic rings. The summed E-state index contributed by atoms with van der Waals surface area (Å²) in [5.41, 5.74) is 1.64. The summed E-state index contributed by atoms with van der Waals surface area (Å²) in [6.45, 7) is 0.442. The SMILES string of the molecule is C[C@H]1CC[C@H](c2ccc3[nH]ncc3c2)N(C(=O)C(=O)OCC(F)(F)F)C1. The molecule has 1 saturated heterocycles. The van der Waals surface area contributed by atoms with E-state index in [1.54, 1.807) is 6.20 Å². The van der Waals surface area contributed by atoms with Crippen molar-refractivity contribution < 1.29 is 27.5 Å². The fraction of sp³-hybridized carbons (Fsp3) is 0.471. The summed E-state index contributed by atoms with van der Waals surface area (Å²) in [5.74, 6) is -2.38. The number of H-pyrrole nitrogens is 1. The second kappa shape index (κ2) is 6.97. The van der Waals surface area contributed by atoms with E-state index >= 15 is 0 Å². The van der Waals surface area contributed by atoms with Crippen LogP contribution < -0.4 is 0 Å². The number of carbonyl (C=O) groups excluding carboxylic acids is 2. The number of nitrogens with zero attached hydrogens (tertiary/aromatic N) is 2. The van der Waals surface area contributed by atoms with E-state index in [4.69, 9.17) is 0 Å². The van der Waals surface area contributed by atoms with E-state index in [9.17, 15) is 22.8 Å². The highest BCUT2D eigenvalue weighted by molar-refractivity contribution is 6.32. The topological polar surface area (TPSA) is 75.3 Å². The van der Waals surface area contributed by atoms with Crippen molar-refractivity contribution in [2.75, 3.05) is 13.2 Å². The summed E-state index contributed by atoms with van der Waals surface area (Å²) in [4.78, 5) is 25.6. The van der Waals surface area contributed by atoms with Crippen LogP contribution in [0.3, 0.4) is 0 Å². The maximum Gasteiger partial charge on any atom is 0.422 e. The molecule has 0 bridgehead atoms. The van der Waals surface area contributed by atoms with Crippen LogP contribution in [-0.4, -0.2) is 46.3 Å². The second-order valence-electron chi connectivity index (χ2n) is 6.56. The summed E-state index contributed by atoms with van der Waals surface area (Å²) < 4.78 is 40.8. The van der Waals surface area contributed by atoms with Gasteiger partial charge >= 0.3 is 18.1 Å². The number of aromatic nitrogens is 2. The number of rotatable bonds is 2. The summed E-state index contributed by atoms with van der Waals surface area (Å²) in [5, 5.41) is 7.63. The Morgan fingerprint density at radius 1 is 1.35 bits per heavy atom. The first-order valence-corrected chi connectivity index (χ1v) is 8.22. The number of alkyl halides is 3. The number of ether oxygens (including phenoxy) is 1. The number of hydrogen-bond donors (Lipinski definition) is 1. The smallest absolute Gasteiger partial charge is 0.422 e. The van der Waals surface area contributed by atoms with Crippen LogP contribution in [0.25, 0.3) is 10.9 Å². The van der Waals surface area contributed by atoms with E-state index < -0.39 is 30.7 Å². The fourth-order valence-electron chi connectivity index (χ4n) is 3.22. The lowest BCUT2D eigenvalue weighted by Gasteiger charge is -2.38. The van der Waals surface area contributed by atoms with Gasteiger partial charge in [-0.05, 0) is 36.5 Å². The third-order valence-corrected chi connectivity index (χ3v) is 4.47. The average molecular weight is 369 g/mol. The Hall–Kier alpha value is -2.58. The van der Waals surface area contributed by atoms with Gasteiger partial charge in [-0.3, -0.25) is 9.89 Å². The van der Waals surface area contributed by atoms with Crippen LogP contribution in [0.2, 0.25) is 0 Å². The molecule has 9 heteroatoms. The minimum absolute atomic E-state index is 0.142. The summed E-state index contributed by atoms with van der Waals surface area (Å²) in [6, 6.07) is 5.11. The molecule has 0 aliphatic carbocycles. The first kappa shape index (κ1) is 18.2. The highest BCUT2D eigenvalue weighted by Gasteiger charge is 2.37. The van der Waals surface area contributed by atoms with Gasteiger partial charge in [0.15, 0.2) is 6.61 Å². The first-order valence-electron chi connectivity index (χ1n) is 8.22. The molecule has 2 heterocycles. The number of piperidine rings is 1. The molecule has 1 amide bonds. The van der Waals surface area contributed by atoms with Gasteiger partial charge in [-0.15, -0.1) is 0 Å². The lowest BCUT2D eigenvalue weighted by molar-refractivity contribution is -0.190. The average Bonchev–Trinajstić information content (AvgIpc) is 3.06. The van der Waals surface area contributed by atoms with Crippen LogP contribution in [-0.2, 0) is 14.3 Å². The minimum atomic E-state index is -4.67. The molecule has 1 aliphatic heterocycles. The molecular weight excluding hydrogens is 351 g/mol. The van der Waals surface area contributed by atoms with E-state index in [1.807, 2.05) is 25.1 Å². The zero-order chi connectivity index (χ0) is 18.9. The Labute approximate surface area is 147 Å². The molecule has 3 rings (SSSR count). The number of amides is 1. The van der Waals surface area contributed by atoms with E-state index in [0.717, 1.165) is 22.9 Å². The number of esters is 1. The van der Waals surface area contributed by atoms with Crippen molar-refractivity contribution in [3.8, 4) is 0 Å². The van der Waals surface area contributed by atoms with Gasteiger partial charge in [0, 0.05) is 11.9 Å². The largest absolute Gasteiger partial charge is 0.449 e. The van der Waals surface area contributed by atoms with E-state index in [0.29, 0.717) is 6.42 Å². The fourth-order valence-corrected chi connectivity index (χ4v) is 3.22. The number of likely N-dealkylation sites (tertiary alicyclic amines) is 1. The van der Waals surface area contributed by atoms with Crippen molar-refractivity contribution in [2.45, 2.75) is 32.0 Å². The van der Waals surface area contributed by atoms with Crippen molar-refractivity contribution in [3.63, 3.8) is 0 Å². The number of aromatic amines is 1. The predicted molar refractivity (Wildman–Crippen MR) is 86.0 cm³/mol. The van der Waals surface area contributed by atoms with Gasteiger partial charge in [-0.25, -0.2) is 4.79 Å². The maximum atomic E-state index is 12.4. The van der Waals surface area contributed by atoms with Crippen molar-refractivity contribution in [2.24, 2.45) is 5.92 Å². The highest BCUT2D eigenvalue weighted by atomic mass is 19.4. The molecule has 140 valence electrons. The van der Waals surface area contributed by atoms with Crippen LogP contribution in [0.1, 0.15) is 31.4 Å². The zero-order valence-electron chi connectivity index (χ0n) is 14.0. The van der Waals surface area contributed by atoms with E-state index in [1.165, 1.54) is 4.90 Å². The van der Waals surface area contributed by atoms with Gasteiger partial charge in [0.25, 0.3) is 0 Å². The Kier molecular flexibility index (Phi) is 4.88. The molecular formula is C17H18F3N3O3. The van der Waals surface area contributed by atoms with Gasteiger partial charge < -0.3 is 9.64 Å². The summed E-state index contributed by atoms with van der Waals surface area (Å²) in [7, 11) is 0. The maximum absolute atomic E-state index is 12.4. The van der Waals surface area contributed by atoms with Gasteiger partial charge in [0.05, 0.1) is 17.8 Å². The Morgan fingerprint density at radius 3 is 2.85 bits per heavy atom. The highest BCUT2D eigenvalue weighted by Crippen LogP contribution is 2.34. The number of hydrogen-bond acceptors (Lipinski definition) is 4. The van der Waals surface area contributed by atoms with E-state index in [-0.39, 0.29) is 12.5 Å². The van der Waals surface area contributed by atoms with Gasteiger partial charge in [-0.1, -0.05) is 13.0 Å². The molecule has 1 aromatic heterocycles. The zero-order valence-corrected chi connectivity index (χ0v) is 14.0. The molecule has 0 radical (unpaired) electrons. The minimum Gasteiger partial charge on any atom is -0.449 e. The molecule has 26 heavy (non-hydrogen) atoms. The molecule has 0 spiro atoms. The van der Waals surface area contributed by atoms with Crippen LogP contribution >= 0.6 is 0 Å². The second-order valence-corrected chi connectivity index (χ2v) is 6.56. The number of nitrogens with one attached hydrogen (secondary N) is 1. The first-order chi connectivity index (χ1) is 12.2. The van der Waals surface area contributed by atoms with Crippen LogP contribution in [0.15, 0.2) is 24.4 Å². The number of benzene rings is 1. The molecule has 2 aromatic rings. The van der Waals surface area contributed by atoms with Gasteiger partial charge in [0.1, 0.15) is 0 Å². The number of carbonyl (C=O) groups is 2. The molecule has 1 aromatic carbocycles. The van der Waals surface area contributed by atoms with Crippen molar-refractivity contribution in [1.29, 1.82) is 0 Å². The Balaban J connectivity index is 1.81. The van der Waals surface area contributed by atoms with Gasteiger partial charge in [0.2, 0.25) is 0 Å². The summed E-state index contributed by atoms with van der Waals surface area (Å²) >= 11 is 0. The standard InChI is InChI=1S/C17H18F3N3O3/c1-10-2-5-14(11-3-4-13-12(6-11)7-21-22-13)23(8-10)15(24)16(25)26-9-17(18,19)20/h3-4,6-7,10,14H,2,5,8-9H2,1H3,(H,21,22)/t10-,14+/m0/s1. The monoisotopic (exact) mass is 369 g/mol. The van der Waals surface area contributed by atoms with Gasteiger partial charge in [-0.2, -0.15) is 18.3 Å². The van der Waals surface area contributed by atoms with Crippen LogP contribution in [0, 0.1) is 5.92 Å². The molecule has 0 unspecified atom stereocenters. The van der Waals surface area contributed by atoms with Crippen molar-refractivity contribution in [3.05, 3.63) is 30.0 Å². The lowest BCUT2D eigenvalue weighted by Crippen LogP contribution is -2.45. The summed E-state index contributed by atoms with van der Waals surface area (Å²) in [6.07, 6.45) is -1.57. The lowest BCUT2D eigenvalue weighted by atomic mass is 9.89.